The summed E-state index contributed by atoms with van der Waals surface area (Å²) in [6, 6.07) is 0. The SMILES string of the molecule is O=C(Nc1nc2c(s1)CN(C(=O)C1CC=CCC1)CC2)C1CCCO1. The summed E-state index contributed by atoms with van der Waals surface area (Å²) in [7, 11) is 0. The molecule has 134 valence electrons. The van der Waals surface area contributed by atoms with E-state index in [1.54, 1.807) is 0 Å². The number of hydrogen-bond acceptors (Lipinski definition) is 5. The maximum atomic E-state index is 12.7. The molecule has 2 atom stereocenters. The summed E-state index contributed by atoms with van der Waals surface area (Å²) >= 11 is 1.48. The summed E-state index contributed by atoms with van der Waals surface area (Å²) in [6.45, 7) is 1.98. The van der Waals surface area contributed by atoms with Crippen LogP contribution in [0.15, 0.2) is 12.2 Å². The van der Waals surface area contributed by atoms with Gasteiger partial charge in [0.15, 0.2) is 5.13 Å². The van der Waals surface area contributed by atoms with Crippen LogP contribution in [-0.2, 0) is 27.3 Å². The van der Waals surface area contributed by atoms with Gasteiger partial charge in [0.2, 0.25) is 5.91 Å². The first-order valence-corrected chi connectivity index (χ1v) is 9.87. The molecule has 25 heavy (non-hydrogen) atoms. The molecule has 1 aromatic rings. The Bertz CT molecular complexity index is 694. The molecule has 1 N–H and O–H groups in total. The Hall–Kier alpha value is -1.73. The van der Waals surface area contributed by atoms with E-state index in [4.69, 9.17) is 4.74 Å². The lowest BCUT2D eigenvalue weighted by molar-refractivity contribution is -0.136. The van der Waals surface area contributed by atoms with Gasteiger partial charge in [-0.1, -0.05) is 23.5 Å². The second kappa shape index (κ2) is 7.25. The average molecular weight is 361 g/mol. The maximum Gasteiger partial charge on any atom is 0.255 e. The summed E-state index contributed by atoms with van der Waals surface area (Å²) in [5, 5.41) is 3.50. The third-order valence-corrected chi connectivity index (χ3v) is 6.11. The molecule has 0 aromatic carbocycles. The van der Waals surface area contributed by atoms with Crippen molar-refractivity contribution in [2.45, 2.75) is 51.2 Å². The predicted molar refractivity (Wildman–Crippen MR) is 95.3 cm³/mol. The summed E-state index contributed by atoms with van der Waals surface area (Å²) in [6.07, 6.45) is 9.19. The number of thiazole rings is 1. The van der Waals surface area contributed by atoms with Crippen LogP contribution in [0.5, 0.6) is 0 Å². The zero-order chi connectivity index (χ0) is 17.2. The van der Waals surface area contributed by atoms with Crippen LogP contribution in [0.3, 0.4) is 0 Å². The van der Waals surface area contributed by atoms with Crippen molar-refractivity contribution in [2.24, 2.45) is 5.92 Å². The van der Waals surface area contributed by atoms with Crippen LogP contribution in [0, 0.1) is 5.92 Å². The van der Waals surface area contributed by atoms with Gasteiger partial charge in [-0.25, -0.2) is 4.98 Å². The average Bonchev–Trinajstić information content (AvgIpc) is 3.30. The molecule has 1 aromatic heterocycles. The second-order valence-electron chi connectivity index (χ2n) is 6.87. The fourth-order valence-corrected chi connectivity index (χ4v) is 4.71. The number of amides is 2. The lowest BCUT2D eigenvalue weighted by atomic mass is 9.92. The van der Waals surface area contributed by atoms with Crippen LogP contribution in [0.4, 0.5) is 5.13 Å². The highest BCUT2D eigenvalue weighted by Crippen LogP contribution is 2.31. The van der Waals surface area contributed by atoms with E-state index in [2.05, 4.69) is 22.5 Å². The van der Waals surface area contributed by atoms with E-state index in [0.717, 1.165) is 55.6 Å². The maximum absolute atomic E-state index is 12.7. The van der Waals surface area contributed by atoms with E-state index in [0.29, 0.717) is 18.3 Å². The van der Waals surface area contributed by atoms with Gasteiger partial charge in [-0.3, -0.25) is 14.9 Å². The normalized spacial score (nSPS) is 25.7. The van der Waals surface area contributed by atoms with Crippen LogP contribution in [0.2, 0.25) is 0 Å². The number of carbonyl (C=O) groups is 2. The summed E-state index contributed by atoms with van der Waals surface area (Å²) in [4.78, 5) is 32.5. The van der Waals surface area contributed by atoms with Gasteiger partial charge in [-0.15, -0.1) is 0 Å². The van der Waals surface area contributed by atoms with Crippen molar-refractivity contribution < 1.29 is 14.3 Å². The Morgan fingerprint density at radius 3 is 3.00 bits per heavy atom. The molecule has 0 saturated carbocycles. The fourth-order valence-electron chi connectivity index (χ4n) is 3.68. The summed E-state index contributed by atoms with van der Waals surface area (Å²) < 4.78 is 5.41. The minimum Gasteiger partial charge on any atom is -0.368 e. The molecule has 0 bridgehead atoms. The second-order valence-corrected chi connectivity index (χ2v) is 7.95. The summed E-state index contributed by atoms with van der Waals surface area (Å²) in [5.74, 6) is 0.275. The van der Waals surface area contributed by atoms with Gasteiger partial charge in [0.25, 0.3) is 5.91 Å². The van der Waals surface area contributed by atoms with E-state index >= 15 is 0 Å². The number of carbonyl (C=O) groups excluding carboxylic acids is 2. The molecular weight excluding hydrogens is 338 g/mol. The molecule has 0 spiro atoms. The number of fused-ring (bicyclic) bond motifs is 1. The van der Waals surface area contributed by atoms with Crippen LogP contribution in [0.1, 0.15) is 42.7 Å². The molecule has 6 nitrogen and oxygen atoms in total. The van der Waals surface area contributed by atoms with Gasteiger partial charge >= 0.3 is 0 Å². The van der Waals surface area contributed by atoms with Gasteiger partial charge in [0.05, 0.1) is 12.2 Å². The number of anilines is 1. The predicted octanol–water partition coefficient (Wildman–Crippen LogP) is 2.50. The largest absolute Gasteiger partial charge is 0.368 e. The molecule has 1 aliphatic carbocycles. The van der Waals surface area contributed by atoms with Crippen molar-refractivity contribution in [2.75, 3.05) is 18.5 Å². The Balaban J connectivity index is 1.39. The van der Waals surface area contributed by atoms with Crippen molar-refractivity contribution in [3.8, 4) is 0 Å². The Labute approximate surface area is 151 Å². The number of nitrogens with zero attached hydrogens (tertiary/aromatic N) is 2. The molecule has 1 saturated heterocycles. The lowest BCUT2D eigenvalue weighted by Gasteiger charge is -2.30. The Morgan fingerprint density at radius 2 is 2.24 bits per heavy atom. The zero-order valence-electron chi connectivity index (χ0n) is 14.2. The minimum atomic E-state index is -0.349. The highest BCUT2D eigenvalue weighted by atomic mass is 32.1. The fraction of sp³-hybridized carbons (Fsp3) is 0.611. The monoisotopic (exact) mass is 361 g/mol. The number of nitrogens with one attached hydrogen (secondary N) is 1. The number of aromatic nitrogens is 1. The summed E-state index contributed by atoms with van der Waals surface area (Å²) in [5.41, 5.74) is 1.01. The first kappa shape index (κ1) is 16.7. The molecule has 7 heteroatoms. The van der Waals surface area contributed by atoms with Crippen molar-refractivity contribution >= 4 is 28.3 Å². The van der Waals surface area contributed by atoms with Crippen molar-refractivity contribution in [1.82, 2.24) is 9.88 Å². The zero-order valence-corrected chi connectivity index (χ0v) is 15.0. The first-order chi connectivity index (χ1) is 12.2. The third kappa shape index (κ3) is 3.62. The Kier molecular flexibility index (Phi) is 4.85. The van der Waals surface area contributed by atoms with E-state index in [9.17, 15) is 9.59 Å². The van der Waals surface area contributed by atoms with Gasteiger partial charge in [-0.2, -0.15) is 0 Å². The lowest BCUT2D eigenvalue weighted by Crippen LogP contribution is -2.39. The molecule has 1 fully saturated rings. The van der Waals surface area contributed by atoms with Crippen molar-refractivity contribution in [3.63, 3.8) is 0 Å². The quantitative estimate of drug-likeness (QED) is 0.840. The number of allylic oxidation sites excluding steroid dienone is 2. The van der Waals surface area contributed by atoms with Crippen LogP contribution in [-0.4, -0.2) is 41.0 Å². The first-order valence-electron chi connectivity index (χ1n) is 9.05. The highest BCUT2D eigenvalue weighted by molar-refractivity contribution is 7.15. The molecular formula is C18H23N3O3S. The molecule has 4 rings (SSSR count). The number of hydrogen-bond donors (Lipinski definition) is 1. The highest BCUT2D eigenvalue weighted by Gasteiger charge is 2.30. The molecule has 2 amide bonds. The van der Waals surface area contributed by atoms with E-state index < -0.39 is 0 Å². The van der Waals surface area contributed by atoms with E-state index in [1.807, 2.05) is 4.90 Å². The number of ether oxygens (including phenoxy) is 1. The molecule has 0 radical (unpaired) electrons. The molecule has 3 aliphatic rings. The van der Waals surface area contributed by atoms with E-state index in [1.165, 1.54) is 11.3 Å². The molecule has 3 heterocycles. The van der Waals surface area contributed by atoms with Crippen molar-refractivity contribution in [1.29, 1.82) is 0 Å². The van der Waals surface area contributed by atoms with E-state index in [-0.39, 0.29) is 23.8 Å². The Morgan fingerprint density at radius 1 is 1.32 bits per heavy atom. The smallest absolute Gasteiger partial charge is 0.255 e. The standard InChI is InChI=1S/C18H23N3O3S/c22-16(14-7-4-10-24-14)20-18-19-13-8-9-21(11-15(13)25-18)17(23)12-5-2-1-3-6-12/h1-2,12,14H,3-11H2,(H,19,20,22). The molecule has 2 aliphatic heterocycles. The van der Waals surface area contributed by atoms with Crippen LogP contribution < -0.4 is 5.32 Å². The van der Waals surface area contributed by atoms with Crippen LogP contribution in [0.25, 0.3) is 0 Å². The van der Waals surface area contributed by atoms with Crippen LogP contribution >= 0.6 is 11.3 Å². The third-order valence-electron chi connectivity index (χ3n) is 5.11. The molecule has 2 unspecified atom stereocenters. The van der Waals surface area contributed by atoms with Gasteiger partial charge < -0.3 is 9.64 Å². The number of rotatable bonds is 3. The van der Waals surface area contributed by atoms with Gasteiger partial charge in [0, 0.05) is 30.4 Å². The van der Waals surface area contributed by atoms with Crippen molar-refractivity contribution in [3.05, 3.63) is 22.7 Å². The topological polar surface area (TPSA) is 71.5 Å². The van der Waals surface area contributed by atoms with Gasteiger partial charge in [-0.05, 0) is 32.1 Å². The minimum absolute atomic E-state index is 0.106. The van der Waals surface area contributed by atoms with Gasteiger partial charge in [0.1, 0.15) is 6.10 Å².